The number of anilines is 1. The fraction of sp³-hybridized carbons (Fsp3) is 0.333. The summed E-state index contributed by atoms with van der Waals surface area (Å²) in [6.45, 7) is 1.50. The highest BCUT2D eigenvalue weighted by atomic mass is 35.5. The molecule has 0 aliphatic carbocycles. The monoisotopic (exact) mass is 368 g/mol. The summed E-state index contributed by atoms with van der Waals surface area (Å²) in [5.41, 5.74) is 1.30. The van der Waals surface area contributed by atoms with E-state index in [2.05, 4.69) is 15.5 Å². The number of benzene rings is 1. The summed E-state index contributed by atoms with van der Waals surface area (Å²) in [5.74, 6) is 0.499. The van der Waals surface area contributed by atoms with Gasteiger partial charge in [0.05, 0.1) is 11.5 Å². The SMILES string of the molecule is O=C(Nc1n[nH]cc1CN1CCS(=O)(=O)CC1)c1ccc(Cl)cc1. The Kier molecular flexibility index (Phi) is 4.88. The Morgan fingerprint density at radius 1 is 1.25 bits per heavy atom. The van der Waals surface area contributed by atoms with Crippen LogP contribution in [0.15, 0.2) is 30.5 Å². The molecule has 1 aromatic carbocycles. The van der Waals surface area contributed by atoms with Gasteiger partial charge in [0.15, 0.2) is 15.7 Å². The van der Waals surface area contributed by atoms with E-state index in [1.54, 1.807) is 30.5 Å². The number of hydrogen-bond donors (Lipinski definition) is 2. The smallest absolute Gasteiger partial charge is 0.256 e. The first-order chi connectivity index (χ1) is 11.4. The second-order valence-electron chi connectivity index (χ2n) is 5.65. The van der Waals surface area contributed by atoms with E-state index in [0.717, 1.165) is 5.56 Å². The molecule has 1 fully saturated rings. The summed E-state index contributed by atoms with van der Waals surface area (Å²) in [4.78, 5) is 14.3. The molecule has 2 heterocycles. The maximum atomic E-state index is 12.3. The van der Waals surface area contributed by atoms with Gasteiger partial charge in [0.2, 0.25) is 0 Å². The van der Waals surface area contributed by atoms with Gasteiger partial charge < -0.3 is 5.32 Å². The predicted octanol–water partition coefficient (Wildman–Crippen LogP) is 1.55. The normalized spacial score (nSPS) is 17.5. The molecule has 0 radical (unpaired) electrons. The maximum Gasteiger partial charge on any atom is 0.256 e. The van der Waals surface area contributed by atoms with Gasteiger partial charge in [-0.15, -0.1) is 0 Å². The number of aromatic nitrogens is 2. The average Bonchev–Trinajstić information content (AvgIpc) is 2.97. The number of H-pyrrole nitrogens is 1. The first kappa shape index (κ1) is 16.9. The minimum Gasteiger partial charge on any atom is -0.305 e. The number of halogens is 1. The number of amides is 1. The zero-order valence-electron chi connectivity index (χ0n) is 12.8. The highest BCUT2D eigenvalue weighted by Crippen LogP contribution is 2.17. The molecule has 1 aliphatic rings. The number of hydrogen-bond acceptors (Lipinski definition) is 5. The van der Waals surface area contributed by atoms with Crippen LogP contribution >= 0.6 is 11.6 Å². The van der Waals surface area contributed by atoms with Crippen molar-refractivity contribution in [2.24, 2.45) is 0 Å². The zero-order chi connectivity index (χ0) is 17.2. The molecule has 128 valence electrons. The van der Waals surface area contributed by atoms with Crippen molar-refractivity contribution < 1.29 is 13.2 Å². The topological polar surface area (TPSA) is 95.2 Å². The molecule has 0 bridgehead atoms. The maximum absolute atomic E-state index is 12.3. The van der Waals surface area contributed by atoms with E-state index < -0.39 is 9.84 Å². The molecule has 0 spiro atoms. The standard InChI is InChI=1S/C15H17ClN4O3S/c16-13-3-1-11(2-4-13)15(21)18-14-12(9-17-19-14)10-20-5-7-24(22,23)8-6-20/h1-4,9H,5-8,10H2,(H2,17,18,19,21). The lowest BCUT2D eigenvalue weighted by Gasteiger charge is -2.26. The molecule has 0 saturated carbocycles. The van der Waals surface area contributed by atoms with E-state index in [-0.39, 0.29) is 17.4 Å². The first-order valence-electron chi connectivity index (χ1n) is 7.45. The largest absolute Gasteiger partial charge is 0.305 e. The second-order valence-corrected chi connectivity index (χ2v) is 8.39. The molecule has 1 saturated heterocycles. The number of nitrogens with zero attached hydrogens (tertiary/aromatic N) is 2. The zero-order valence-corrected chi connectivity index (χ0v) is 14.4. The van der Waals surface area contributed by atoms with Crippen molar-refractivity contribution in [3.8, 4) is 0 Å². The molecule has 9 heteroatoms. The van der Waals surface area contributed by atoms with Crippen molar-refractivity contribution in [3.05, 3.63) is 46.6 Å². The van der Waals surface area contributed by atoms with E-state index in [0.29, 0.717) is 36.0 Å². The van der Waals surface area contributed by atoms with Gasteiger partial charge in [-0.2, -0.15) is 5.10 Å². The molecule has 0 unspecified atom stereocenters. The summed E-state index contributed by atoms with van der Waals surface area (Å²) in [5, 5.41) is 10.1. The van der Waals surface area contributed by atoms with Gasteiger partial charge in [0.1, 0.15) is 0 Å². The van der Waals surface area contributed by atoms with Crippen LogP contribution in [0.5, 0.6) is 0 Å². The van der Waals surface area contributed by atoms with Gasteiger partial charge in [-0.25, -0.2) is 8.42 Å². The average molecular weight is 369 g/mol. The summed E-state index contributed by atoms with van der Waals surface area (Å²) < 4.78 is 23.0. The van der Waals surface area contributed by atoms with Crippen LogP contribution in [-0.4, -0.2) is 54.0 Å². The fourth-order valence-corrected chi connectivity index (χ4v) is 3.88. The molecule has 2 aromatic rings. The summed E-state index contributed by atoms with van der Waals surface area (Å²) in [6, 6.07) is 6.57. The highest BCUT2D eigenvalue weighted by Gasteiger charge is 2.23. The number of rotatable bonds is 4. The highest BCUT2D eigenvalue weighted by molar-refractivity contribution is 7.91. The number of carbonyl (C=O) groups is 1. The van der Waals surface area contributed by atoms with Crippen LogP contribution in [0.1, 0.15) is 15.9 Å². The third-order valence-electron chi connectivity index (χ3n) is 3.89. The van der Waals surface area contributed by atoms with Crippen molar-refractivity contribution in [1.29, 1.82) is 0 Å². The Morgan fingerprint density at radius 2 is 1.92 bits per heavy atom. The second kappa shape index (κ2) is 6.92. The van der Waals surface area contributed by atoms with Crippen LogP contribution in [-0.2, 0) is 16.4 Å². The van der Waals surface area contributed by atoms with Crippen molar-refractivity contribution in [1.82, 2.24) is 15.1 Å². The molecule has 1 amide bonds. The third-order valence-corrected chi connectivity index (χ3v) is 5.75. The van der Waals surface area contributed by atoms with Crippen LogP contribution in [0.2, 0.25) is 5.02 Å². The number of aromatic amines is 1. The minimum absolute atomic E-state index is 0.164. The Morgan fingerprint density at radius 3 is 2.58 bits per heavy atom. The van der Waals surface area contributed by atoms with E-state index >= 15 is 0 Å². The van der Waals surface area contributed by atoms with Crippen LogP contribution in [0.4, 0.5) is 5.82 Å². The van der Waals surface area contributed by atoms with Gasteiger partial charge >= 0.3 is 0 Å². The lowest BCUT2D eigenvalue weighted by atomic mass is 10.2. The fourth-order valence-electron chi connectivity index (χ4n) is 2.47. The van der Waals surface area contributed by atoms with E-state index in [4.69, 9.17) is 11.6 Å². The minimum atomic E-state index is -2.91. The third kappa shape index (κ3) is 4.14. The van der Waals surface area contributed by atoms with Crippen molar-refractivity contribution in [2.75, 3.05) is 29.9 Å². The molecule has 1 aromatic heterocycles. The predicted molar refractivity (Wildman–Crippen MR) is 91.9 cm³/mol. The van der Waals surface area contributed by atoms with E-state index in [1.165, 1.54) is 0 Å². The summed E-state index contributed by atoms with van der Waals surface area (Å²) in [7, 11) is -2.91. The number of sulfone groups is 1. The molecular weight excluding hydrogens is 352 g/mol. The quantitative estimate of drug-likeness (QED) is 0.853. The number of carbonyl (C=O) groups excluding carboxylic acids is 1. The Hall–Kier alpha value is -1.90. The summed E-state index contributed by atoms with van der Waals surface area (Å²) in [6.07, 6.45) is 1.71. The van der Waals surface area contributed by atoms with Crippen LogP contribution in [0.25, 0.3) is 0 Å². The molecule has 1 aliphatic heterocycles. The Bertz CT molecular complexity index is 819. The van der Waals surface area contributed by atoms with Crippen molar-refractivity contribution >= 4 is 33.2 Å². The van der Waals surface area contributed by atoms with Crippen LogP contribution < -0.4 is 5.32 Å². The Balaban J connectivity index is 1.65. The first-order valence-corrected chi connectivity index (χ1v) is 9.65. The van der Waals surface area contributed by atoms with Gasteiger partial charge in [0.25, 0.3) is 5.91 Å². The van der Waals surface area contributed by atoms with Crippen molar-refractivity contribution in [2.45, 2.75) is 6.54 Å². The van der Waals surface area contributed by atoms with Crippen LogP contribution in [0.3, 0.4) is 0 Å². The van der Waals surface area contributed by atoms with Gasteiger partial charge in [-0.1, -0.05) is 11.6 Å². The lowest BCUT2D eigenvalue weighted by molar-refractivity contribution is 0.102. The molecule has 0 atom stereocenters. The van der Waals surface area contributed by atoms with E-state index in [1.807, 2.05) is 4.90 Å². The molecule has 2 N–H and O–H groups in total. The summed E-state index contributed by atoms with van der Waals surface area (Å²) >= 11 is 5.82. The molecule has 3 rings (SSSR count). The Labute approximate surface area is 144 Å². The van der Waals surface area contributed by atoms with Gasteiger partial charge in [-0.3, -0.25) is 14.8 Å². The van der Waals surface area contributed by atoms with Crippen LogP contribution in [0, 0.1) is 0 Å². The van der Waals surface area contributed by atoms with Gasteiger partial charge in [-0.05, 0) is 24.3 Å². The van der Waals surface area contributed by atoms with Gasteiger partial charge in [0, 0.05) is 42.0 Å². The molecule has 24 heavy (non-hydrogen) atoms. The number of nitrogens with one attached hydrogen (secondary N) is 2. The van der Waals surface area contributed by atoms with Crippen molar-refractivity contribution in [3.63, 3.8) is 0 Å². The molecular formula is C15H17ClN4O3S. The van der Waals surface area contributed by atoms with E-state index in [9.17, 15) is 13.2 Å². The molecule has 7 nitrogen and oxygen atoms in total. The lowest BCUT2D eigenvalue weighted by Crippen LogP contribution is -2.39.